The summed E-state index contributed by atoms with van der Waals surface area (Å²) in [4.78, 5) is 18.1. The molecule has 2 heterocycles. The molecular formula is C26H22F2N2O2. The second-order valence-electron chi connectivity index (χ2n) is 8.05. The van der Waals surface area contributed by atoms with Crippen LogP contribution in [0.1, 0.15) is 18.4 Å². The number of hydrogen-bond donors (Lipinski definition) is 1. The Morgan fingerprint density at radius 2 is 1.69 bits per heavy atom. The number of aromatic amines is 1. The largest absolute Gasteiger partial charge is 0.454 e. The van der Waals surface area contributed by atoms with Gasteiger partial charge in [0.1, 0.15) is 11.6 Å². The van der Waals surface area contributed by atoms with Gasteiger partial charge in [-0.05, 0) is 74.4 Å². The first kappa shape index (κ1) is 20.2. The molecule has 4 aromatic rings. The third-order valence-electron chi connectivity index (χ3n) is 5.97. The van der Waals surface area contributed by atoms with Gasteiger partial charge >= 0.3 is 0 Å². The SMILES string of the molecule is Cc1c(-c2ccc(Oc3ccc(N4CCCC4)cc3)c(F)c2)[nH]c2cccc(F)c2c1=O. The molecule has 0 atom stereocenters. The number of benzene rings is 3. The average Bonchev–Trinajstić information content (AvgIpc) is 3.33. The fourth-order valence-corrected chi connectivity index (χ4v) is 4.24. The molecule has 0 bridgehead atoms. The quantitative estimate of drug-likeness (QED) is 0.419. The van der Waals surface area contributed by atoms with Crippen LogP contribution in [-0.2, 0) is 0 Å². The number of nitrogens with one attached hydrogen (secondary N) is 1. The Bertz CT molecular complexity index is 1360. The molecule has 5 rings (SSSR count). The summed E-state index contributed by atoms with van der Waals surface area (Å²) >= 11 is 0. The van der Waals surface area contributed by atoms with Crippen LogP contribution in [-0.4, -0.2) is 18.1 Å². The fraction of sp³-hybridized carbons (Fsp3) is 0.192. The highest BCUT2D eigenvalue weighted by Crippen LogP contribution is 2.31. The molecule has 6 heteroatoms. The highest BCUT2D eigenvalue weighted by atomic mass is 19.1. The molecule has 1 fully saturated rings. The minimum absolute atomic E-state index is 0.00607. The molecule has 0 saturated carbocycles. The Morgan fingerprint density at radius 1 is 0.938 bits per heavy atom. The van der Waals surface area contributed by atoms with Gasteiger partial charge in [0.15, 0.2) is 17.0 Å². The molecule has 1 aliphatic heterocycles. The number of rotatable bonds is 4. The van der Waals surface area contributed by atoms with Crippen molar-refractivity contribution < 1.29 is 13.5 Å². The molecule has 1 saturated heterocycles. The van der Waals surface area contributed by atoms with E-state index in [9.17, 15) is 13.6 Å². The summed E-state index contributed by atoms with van der Waals surface area (Å²) in [6.07, 6.45) is 2.40. The Hall–Kier alpha value is -3.67. The van der Waals surface area contributed by atoms with Gasteiger partial charge in [-0.25, -0.2) is 8.78 Å². The van der Waals surface area contributed by atoms with Gasteiger partial charge in [0, 0.05) is 29.9 Å². The number of aromatic nitrogens is 1. The van der Waals surface area contributed by atoms with Crippen LogP contribution in [0, 0.1) is 18.6 Å². The lowest BCUT2D eigenvalue weighted by molar-refractivity contribution is 0.442. The smallest absolute Gasteiger partial charge is 0.195 e. The zero-order chi connectivity index (χ0) is 22.2. The van der Waals surface area contributed by atoms with Gasteiger partial charge in [-0.2, -0.15) is 0 Å². The standard InChI is InChI=1S/C26H22F2N2O2/c1-16-25(29-22-6-4-5-20(27)24(22)26(16)31)17-7-12-23(21(28)15-17)32-19-10-8-18(9-11-19)30-13-2-3-14-30/h4-12,15H,2-3,13-14H2,1H3,(H,29,31). The van der Waals surface area contributed by atoms with Gasteiger partial charge in [0.05, 0.1) is 16.6 Å². The zero-order valence-electron chi connectivity index (χ0n) is 17.6. The molecule has 0 radical (unpaired) electrons. The van der Waals surface area contributed by atoms with Crippen LogP contribution < -0.4 is 15.1 Å². The fourth-order valence-electron chi connectivity index (χ4n) is 4.24. The van der Waals surface area contributed by atoms with Crippen molar-refractivity contribution in [1.82, 2.24) is 4.98 Å². The van der Waals surface area contributed by atoms with E-state index in [0.29, 0.717) is 28.1 Å². The van der Waals surface area contributed by atoms with Crippen molar-refractivity contribution in [2.45, 2.75) is 19.8 Å². The Balaban J connectivity index is 1.43. The zero-order valence-corrected chi connectivity index (χ0v) is 17.6. The van der Waals surface area contributed by atoms with E-state index in [0.717, 1.165) is 18.8 Å². The highest BCUT2D eigenvalue weighted by molar-refractivity contribution is 5.83. The van der Waals surface area contributed by atoms with E-state index in [4.69, 9.17) is 4.74 Å². The lowest BCUT2D eigenvalue weighted by atomic mass is 10.0. The molecule has 0 aliphatic carbocycles. The molecule has 1 aromatic heterocycles. The monoisotopic (exact) mass is 432 g/mol. The van der Waals surface area contributed by atoms with Crippen LogP contribution in [0.4, 0.5) is 14.5 Å². The van der Waals surface area contributed by atoms with Crippen molar-refractivity contribution in [1.29, 1.82) is 0 Å². The molecule has 0 spiro atoms. The first-order valence-electron chi connectivity index (χ1n) is 10.6. The number of hydrogen-bond acceptors (Lipinski definition) is 3. The maximum Gasteiger partial charge on any atom is 0.195 e. The molecule has 0 unspecified atom stereocenters. The molecule has 1 aliphatic rings. The van der Waals surface area contributed by atoms with Gasteiger partial charge in [-0.15, -0.1) is 0 Å². The van der Waals surface area contributed by atoms with Gasteiger partial charge in [0.25, 0.3) is 0 Å². The molecule has 0 amide bonds. The molecule has 4 nitrogen and oxygen atoms in total. The number of pyridine rings is 1. The number of nitrogens with zero attached hydrogens (tertiary/aromatic N) is 1. The lowest BCUT2D eigenvalue weighted by Gasteiger charge is -2.18. The highest BCUT2D eigenvalue weighted by Gasteiger charge is 2.16. The summed E-state index contributed by atoms with van der Waals surface area (Å²) in [7, 11) is 0. The summed E-state index contributed by atoms with van der Waals surface area (Å²) < 4.78 is 34.7. The third kappa shape index (κ3) is 3.62. The van der Waals surface area contributed by atoms with Gasteiger partial charge < -0.3 is 14.6 Å². The van der Waals surface area contributed by atoms with E-state index in [1.165, 1.54) is 37.1 Å². The van der Waals surface area contributed by atoms with Crippen LogP contribution in [0.3, 0.4) is 0 Å². The van der Waals surface area contributed by atoms with E-state index < -0.39 is 17.1 Å². The van der Waals surface area contributed by atoms with Crippen LogP contribution >= 0.6 is 0 Å². The van der Waals surface area contributed by atoms with Crippen molar-refractivity contribution >= 4 is 16.6 Å². The number of anilines is 1. The molecule has 3 aromatic carbocycles. The third-order valence-corrected chi connectivity index (χ3v) is 5.97. The van der Waals surface area contributed by atoms with Crippen molar-refractivity contribution in [2.75, 3.05) is 18.0 Å². The predicted molar refractivity (Wildman–Crippen MR) is 123 cm³/mol. The maximum absolute atomic E-state index is 14.9. The van der Waals surface area contributed by atoms with E-state index in [-0.39, 0.29) is 11.1 Å². The topological polar surface area (TPSA) is 45.3 Å². The number of fused-ring (bicyclic) bond motifs is 1. The second kappa shape index (κ2) is 8.11. The van der Waals surface area contributed by atoms with Crippen LogP contribution in [0.5, 0.6) is 11.5 Å². The van der Waals surface area contributed by atoms with Gasteiger partial charge in [-0.3, -0.25) is 4.79 Å². The van der Waals surface area contributed by atoms with E-state index in [2.05, 4.69) is 9.88 Å². The minimum atomic E-state index is -0.580. The summed E-state index contributed by atoms with van der Waals surface area (Å²) in [5.41, 5.74) is 2.36. The number of H-pyrrole nitrogens is 1. The lowest BCUT2D eigenvalue weighted by Crippen LogP contribution is -2.17. The molecular weight excluding hydrogens is 410 g/mol. The summed E-state index contributed by atoms with van der Waals surface area (Å²) in [5, 5.41) is 0.00607. The first-order valence-corrected chi connectivity index (χ1v) is 10.6. The van der Waals surface area contributed by atoms with E-state index in [1.807, 2.05) is 24.3 Å². The van der Waals surface area contributed by atoms with Crippen molar-refractivity contribution in [3.05, 3.63) is 88.1 Å². The van der Waals surface area contributed by atoms with Gasteiger partial charge in [-0.1, -0.05) is 6.07 Å². The Kier molecular flexibility index (Phi) is 5.13. The van der Waals surface area contributed by atoms with Gasteiger partial charge in [0.2, 0.25) is 0 Å². The van der Waals surface area contributed by atoms with E-state index >= 15 is 0 Å². The predicted octanol–water partition coefficient (Wildman–Crippen LogP) is 6.17. The maximum atomic E-state index is 14.9. The summed E-state index contributed by atoms with van der Waals surface area (Å²) in [6, 6.07) is 16.6. The number of ether oxygens (including phenoxy) is 1. The van der Waals surface area contributed by atoms with E-state index in [1.54, 1.807) is 19.1 Å². The van der Waals surface area contributed by atoms with Crippen molar-refractivity contribution in [3.63, 3.8) is 0 Å². The van der Waals surface area contributed by atoms with Crippen molar-refractivity contribution in [3.8, 4) is 22.8 Å². The minimum Gasteiger partial charge on any atom is -0.454 e. The molecule has 162 valence electrons. The molecule has 32 heavy (non-hydrogen) atoms. The van der Waals surface area contributed by atoms with Crippen LogP contribution in [0.15, 0.2) is 65.5 Å². The van der Waals surface area contributed by atoms with Crippen molar-refractivity contribution in [2.24, 2.45) is 0 Å². The Morgan fingerprint density at radius 3 is 2.41 bits per heavy atom. The normalized spacial score (nSPS) is 13.7. The Labute approximate surface area is 184 Å². The van der Waals surface area contributed by atoms with Crippen LogP contribution in [0.2, 0.25) is 0 Å². The summed E-state index contributed by atoms with van der Waals surface area (Å²) in [5.74, 6) is -0.491. The first-order chi connectivity index (χ1) is 15.5. The van der Waals surface area contributed by atoms with Crippen LogP contribution in [0.25, 0.3) is 22.2 Å². The second-order valence-corrected chi connectivity index (χ2v) is 8.05. The summed E-state index contributed by atoms with van der Waals surface area (Å²) in [6.45, 7) is 3.71. The number of halogens is 2. The average molecular weight is 432 g/mol. The molecule has 1 N–H and O–H groups in total.